The maximum atomic E-state index is 5.88. The highest BCUT2D eigenvalue weighted by Gasteiger charge is 2.01. The molecule has 2 rings (SSSR count). The Kier molecular flexibility index (Phi) is 1.66. The van der Waals surface area contributed by atoms with Crippen LogP contribution in [0.4, 0.5) is 0 Å². The van der Waals surface area contributed by atoms with Crippen LogP contribution in [0.15, 0.2) is 18.5 Å². The molecule has 0 unspecified atom stereocenters. The highest BCUT2D eigenvalue weighted by atomic mass is 35.5. The van der Waals surface area contributed by atoms with Gasteiger partial charge in [0.25, 0.3) is 0 Å². The Hall–Kier alpha value is -1.22. The van der Waals surface area contributed by atoms with Crippen molar-refractivity contribution in [2.24, 2.45) is 0 Å². The van der Waals surface area contributed by atoms with Crippen LogP contribution < -0.4 is 0 Å². The number of hydrogen-bond acceptors (Lipinski definition) is 3. The predicted octanol–water partition coefficient (Wildman–Crippen LogP) is 1.99. The van der Waals surface area contributed by atoms with E-state index in [1.54, 1.807) is 25.4 Å². The first-order valence-electron chi connectivity index (χ1n) is 3.51. The standard InChI is InChI=1S/C8H6ClN3/c1-5-11-7-4-10-3-2-6(7)8(9)12-5/h2-4H,1H3. The molecule has 0 spiro atoms. The number of hydrogen-bond donors (Lipinski definition) is 0. The van der Waals surface area contributed by atoms with E-state index < -0.39 is 0 Å². The molecule has 12 heavy (non-hydrogen) atoms. The summed E-state index contributed by atoms with van der Waals surface area (Å²) in [6.07, 6.45) is 3.35. The van der Waals surface area contributed by atoms with Gasteiger partial charge in [0.1, 0.15) is 11.0 Å². The first-order valence-corrected chi connectivity index (χ1v) is 3.89. The third-order valence-electron chi connectivity index (χ3n) is 1.56. The van der Waals surface area contributed by atoms with Crippen molar-refractivity contribution in [1.82, 2.24) is 15.0 Å². The second kappa shape index (κ2) is 2.68. The lowest BCUT2D eigenvalue weighted by Crippen LogP contribution is -1.90. The zero-order valence-electron chi connectivity index (χ0n) is 6.45. The number of aromatic nitrogens is 3. The smallest absolute Gasteiger partial charge is 0.140 e. The van der Waals surface area contributed by atoms with E-state index in [0.717, 1.165) is 10.9 Å². The van der Waals surface area contributed by atoms with Crippen molar-refractivity contribution in [3.63, 3.8) is 0 Å². The van der Waals surface area contributed by atoms with Crippen LogP contribution in [0.2, 0.25) is 5.15 Å². The molecule has 0 amide bonds. The molecule has 0 aliphatic rings. The highest BCUT2D eigenvalue weighted by Crippen LogP contribution is 2.18. The summed E-state index contributed by atoms with van der Waals surface area (Å²) in [5.41, 5.74) is 0.787. The minimum Gasteiger partial charge on any atom is -0.262 e. The molecular formula is C8H6ClN3. The summed E-state index contributed by atoms with van der Waals surface area (Å²) in [6, 6.07) is 1.80. The van der Waals surface area contributed by atoms with Gasteiger partial charge < -0.3 is 0 Å². The quantitative estimate of drug-likeness (QED) is 0.581. The zero-order chi connectivity index (χ0) is 8.55. The molecule has 2 heterocycles. The van der Waals surface area contributed by atoms with Crippen molar-refractivity contribution >= 4 is 22.5 Å². The Labute approximate surface area is 74.4 Å². The molecule has 0 fully saturated rings. The number of aryl methyl sites for hydroxylation is 1. The number of fused-ring (bicyclic) bond motifs is 1. The van der Waals surface area contributed by atoms with Crippen LogP contribution in [0, 0.1) is 6.92 Å². The second-order valence-electron chi connectivity index (χ2n) is 2.45. The Morgan fingerprint density at radius 1 is 1.33 bits per heavy atom. The fraction of sp³-hybridized carbons (Fsp3) is 0.125. The lowest BCUT2D eigenvalue weighted by molar-refractivity contribution is 1.09. The minimum absolute atomic E-state index is 0.486. The van der Waals surface area contributed by atoms with Crippen molar-refractivity contribution in [2.45, 2.75) is 6.92 Å². The normalized spacial score (nSPS) is 10.5. The summed E-state index contributed by atoms with van der Waals surface area (Å²) < 4.78 is 0. The minimum atomic E-state index is 0.486. The molecule has 0 aromatic carbocycles. The molecule has 2 aromatic heterocycles. The zero-order valence-corrected chi connectivity index (χ0v) is 7.21. The first-order chi connectivity index (χ1) is 5.77. The van der Waals surface area contributed by atoms with Gasteiger partial charge in [-0.15, -0.1) is 0 Å². The fourth-order valence-electron chi connectivity index (χ4n) is 1.05. The SMILES string of the molecule is Cc1nc(Cl)c2ccncc2n1. The van der Waals surface area contributed by atoms with Gasteiger partial charge in [0.05, 0.1) is 11.7 Å². The van der Waals surface area contributed by atoms with Gasteiger partial charge in [0, 0.05) is 11.6 Å². The molecule has 60 valence electrons. The monoisotopic (exact) mass is 179 g/mol. The first kappa shape index (κ1) is 7.43. The van der Waals surface area contributed by atoms with E-state index in [9.17, 15) is 0 Å². The molecule has 0 N–H and O–H groups in total. The van der Waals surface area contributed by atoms with E-state index in [4.69, 9.17) is 11.6 Å². The third-order valence-corrected chi connectivity index (χ3v) is 1.85. The third kappa shape index (κ3) is 1.12. The summed E-state index contributed by atoms with van der Waals surface area (Å²) in [5, 5.41) is 1.33. The molecule has 0 saturated heterocycles. The largest absolute Gasteiger partial charge is 0.262 e. The lowest BCUT2D eigenvalue weighted by atomic mass is 10.3. The van der Waals surface area contributed by atoms with Crippen molar-refractivity contribution in [2.75, 3.05) is 0 Å². The van der Waals surface area contributed by atoms with Crippen LogP contribution in [0.1, 0.15) is 5.82 Å². The van der Waals surface area contributed by atoms with Gasteiger partial charge in [0.2, 0.25) is 0 Å². The molecular weight excluding hydrogens is 174 g/mol. The molecule has 4 heteroatoms. The fourth-order valence-corrected chi connectivity index (χ4v) is 1.33. The summed E-state index contributed by atoms with van der Waals surface area (Å²) in [7, 11) is 0. The number of nitrogens with zero attached hydrogens (tertiary/aromatic N) is 3. The number of pyridine rings is 1. The van der Waals surface area contributed by atoms with Crippen LogP contribution >= 0.6 is 11.6 Å². The van der Waals surface area contributed by atoms with Crippen LogP contribution in [0.3, 0.4) is 0 Å². The Morgan fingerprint density at radius 3 is 3.00 bits per heavy atom. The highest BCUT2D eigenvalue weighted by molar-refractivity contribution is 6.34. The predicted molar refractivity (Wildman–Crippen MR) is 47.1 cm³/mol. The average molecular weight is 180 g/mol. The van der Waals surface area contributed by atoms with E-state index in [-0.39, 0.29) is 0 Å². The van der Waals surface area contributed by atoms with E-state index in [1.807, 2.05) is 0 Å². The van der Waals surface area contributed by atoms with E-state index in [1.165, 1.54) is 0 Å². The van der Waals surface area contributed by atoms with Crippen LogP contribution in [0.25, 0.3) is 10.9 Å². The lowest BCUT2D eigenvalue weighted by Gasteiger charge is -1.98. The molecule has 3 nitrogen and oxygen atoms in total. The molecule has 2 aromatic rings. The van der Waals surface area contributed by atoms with E-state index >= 15 is 0 Å². The average Bonchev–Trinajstić information content (AvgIpc) is 2.04. The summed E-state index contributed by atoms with van der Waals surface area (Å²) in [5.74, 6) is 0.667. The Balaban J connectivity index is 2.89. The Bertz CT molecular complexity index is 428. The van der Waals surface area contributed by atoms with Crippen molar-refractivity contribution < 1.29 is 0 Å². The topological polar surface area (TPSA) is 38.7 Å². The van der Waals surface area contributed by atoms with Gasteiger partial charge in [-0.3, -0.25) is 4.98 Å². The molecule has 0 bridgehead atoms. The van der Waals surface area contributed by atoms with Crippen LogP contribution in [0.5, 0.6) is 0 Å². The Morgan fingerprint density at radius 2 is 2.17 bits per heavy atom. The molecule has 0 aliphatic heterocycles. The second-order valence-corrected chi connectivity index (χ2v) is 2.81. The summed E-state index contributed by atoms with van der Waals surface area (Å²) in [6.45, 7) is 1.80. The van der Waals surface area contributed by atoms with Gasteiger partial charge in [-0.2, -0.15) is 0 Å². The summed E-state index contributed by atoms with van der Waals surface area (Å²) >= 11 is 5.88. The van der Waals surface area contributed by atoms with Crippen molar-refractivity contribution in [3.05, 3.63) is 29.4 Å². The maximum absolute atomic E-state index is 5.88. The number of rotatable bonds is 0. The van der Waals surface area contributed by atoms with Gasteiger partial charge in [0.15, 0.2) is 0 Å². The van der Waals surface area contributed by atoms with Crippen LogP contribution in [-0.2, 0) is 0 Å². The molecule has 0 aliphatic carbocycles. The van der Waals surface area contributed by atoms with Gasteiger partial charge in [-0.05, 0) is 13.0 Å². The summed E-state index contributed by atoms with van der Waals surface area (Å²) in [4.78, 5) is 12.2. The van der Waals surface area contributed by atoms with Crippen molar-refractivity contribution in [1.29, 1.82) is 0 Å². The molecule has 0 atom stereocenters. The van der Waals surface area contributed by atoms with Gasteiger partial charge >= 0.3 is 0 Å². The van der Waals surface area contributed by atoms with Gasteiger partial charge in [-0.1, -0.05) is 11.6 Å². The van der Waals surface area contributed by atoms with Crippen LogP contribution in [-0.4, -0.2) is 15.0 Å². The van der Waals surface area contributed by atoms with Gasteiger partial charge in [-0.25, -0.2) is 9.97 Å². The van der Waals surface area contributed by atoms with E-state index in [0.29, 0.717) is 11.0 Å². The maximum Gasteiger partial charge on any atom is 0.140 e. The van der Waals surface area contributed by atoms with Crippen molar-refractivity contribution in [3.8, 4) is 0 Å². The van der Waals surface area contributed by atoms with E-state index in [2.05, 4.69) is 15.0 Å². The number of halogens is 1. The molecule has 0 radical (unpaired) electrons. The molecule has 0 saturated carbocycles.